The summed E-state index contributed by atoms with van der Waals surface area (Å²) in [6.07, 6.45) is -4.78. The average molecular weight is 411 g/mol. The summed E-state index contributed by atoms with van der Waals surface area (Å²) in [5, 5.41) is 7.85. The lowest BCUT2D eigenvalue weighted by atomic mass is 10.1. The second-order valence-electron chi connectivity index (χ2n) is 5.58. The summed E-state index contributed by atoms with van der Waals surface area (Å²) in [7, 11) is 0. The van der Waals surface area contributed by atoms with E-state index in [1.165, 1.54) is 24.3 Å². The molecule has 3 rings (SSSR count). The van der Waals surface area contributed by atoms with Crippen molar-refractivity contribution in [3.8, 4) is 0 Å². The normalized spacial score (nSPS) is 12.6. The van der Waals surface area contributed by atoms with E-state index in [0.717, 1.165) is 0 Å². The Bertz CT molecular complexity index is 960. The van der Waals surface area contributed by atoms with Crippen LogP contribution in [0.25, 0.3) is 0 Å². The van der Waals surface area contributed by atoms with E-state index in [-0.39, 0.29) is 5.16 Å². The number of hydrogen-bond donors (Lipinski definition) is 2. The summed E-state index contributed by atoms with van der Waals surface area (Å²) >= 11 is 0.714. The number of carbonyl (C=O) groups excluding carboxylic acids is 1. The standard InChI is InChI=1S/C17H13F4N5OS/c18-11-6-8-12(9-7-11)23-14(27)13(10-4-2-1-3-5-10)28-16-25-24-15(26(16)22)17(19,20)21/h1-9,13H,22H2,(H,23,27)/t13-/m1/s1. The van der Waals surface area contributed by atoms with Gasteiger partial charge in [-0.3, -0.25) is 4.79 Å². The van der Waals surface area contributed by atoms with Crippen LogP contribution in [0.1, 0.15) is 16.6 Å². The van der Waals surface area contributed by atoms with E-state index in [9.17, 15) is 22.4 Å². The molecule has 2 aromatic carbocycles. The van der Waals surface area contributed by atoms with Crippen molar-refractivity contribution in [3.63, 3.8) is 0 Å². The first kappa shape index (κ1) is 19.7. The van der Waals surface area contributed by atoms with E-state index >= 15 is 0 Å². The third-order valence-electron chi connectivity index (χ3n) is 3.59. The zero-order chi connectivity index (χ0) is 20.3. The zero-order valence-corrected chi connectivity index (χ0v) is 14.8. The van der Waals surface area contributed by atoms with Crippen molar-refractivity contribution in [1.29, 1.82) is 0 Å². The molecule has 0 radical (unpaired) electrons. The number of thioether (sulfide) groups is 1. The number of alkyl halides is 3. The van der Waals surface area contributed by atoms with Crippen molar-refractivity contribution >= 4 is 23.4 Å². The molecule has 11 heteroatoms. The van der Waals surface area contributed by atoms with Gasteiger partial charge in [-0.1, -0.05) is 42.1 Å². The minimum atomic E-state index is -4.78. The van der Waals surface area contributed by atoms with Gasteiger partial charge >= 0.3 is 6.18 Å². The van der Waals surface area contributed by atoms with Crippen molar-refractivity contribution in [3.05, 3.63) is 71.8 Å². The van der Waals surface area contributed by atoms with Crippen LogP contribution in [0.2, 0.25) is 0 Å². The van der Waals surface area contributed by atoms with Gasteiger partial charge in [-0.05, 0) is 29.8 Å². The average Bonchev–Trinajstić information content (AvgIpc) is 3.03. The quantitative estimate of drug-likeness (QED) is 0.381. The summed E-state index contributed by atoms with van der Waals surface area (Å²) in [6.45, 7) is 0. The SMILES string of the molecule is Nn1c(S[C@@H](C(=O)Nc2ccc(F)cc2)c2ccccc2)nnc1C(F)(F)F. The van der Waals surface area contributed by atoms with Crippen LogP contribution in [0.5, 0.6) is 0 Å². The molecule has 0 aliphatic carbocycles. The number of nitrogens with zero attached hydrogens (tertiary/aromatic N) is 3. The maximum Gasteiger partial charge on any atom is 0.453 e. The topological polar surface area (TPSA) is 85.8 Å². The monoisotopic (exact) mass is 411 g/mol. The minimum absolute atomic E-state index is 0.282. The molecule has 3 aromatic rings. The molecule has 6 nitrogen and oxygen atoms in total. The van der Waals surface area contributed by atoms with Gasteiger partial charge in [0, 0.05) is 5.69 Å². The molecule has 1 aromatic heterocycles. The van der Waals surface area contributed by atoms with Crippen molar-refractivity contribution < 1.29 is 22.4 Å². The van der Waals surface area contributed by atoms with Crippen LogP contribution in [0, 0.1) is 5.82 Å². The van der Waals surface area contributed by atoms with Crippen LogP contribution < -0.4 is 11.2 Å². The number of nitrogens with one attached hydrogen (secondary N) is 1. The zero-order valence-electron chi connectivity index (χ0n) is 14.0. The van der Waals surface area contributed by atoms with Crippen molar-refractivity contribution in [2.75, 3.05) is 11.2 Å². The molecule has 0 bridgehead atoms. The Morgan fingerprint density at radius 1 is 1.07 bits per heavy atom. The molecule has 0 saturated carbocycles. The Balaban J connectivity index is 1.89. The van der Waals surface area contributed by atoms with Gasteiger partial charge in [-0.15, -0.1) is 10.2 Å². The van der Waals surface area contributed by atoms with E-state index in [1.807, 2.05) is 0 Å². The van der Waals surface area contributed by atoms with Gasteiger partial charge in [0.2, 0.25) is 11.1 Å². The third kappa shape index (κ3) is 4.42. The first-order chi connectivity index (χ1) is 13.3. The van der Waals surface area contributed by atoms with E-state index in [1.54, 1.807) is 30.3 Å². The number of amides is 1. The van der Waals surface area contributed by atoms with Gasteiger partial charge in [0.1, 0.15) is 11.1 Å². The molecule has 0 spiro atoms. The van der Waals surface area contributed by atoms with E-state index in [0.29, 0.717) is 27.7 Å². The second-order valence-corrected chi connectivity index (χ2v) is 6.65. The van der Waals surface area contributed by atoms with Gasteiger partial charge in [0.05, 0.1) is 0 Å². The fraction of sp³-hybridized carbons (Fsp3) is 0.118. The molecule has 0 aliphatic heterocycles. The van der Waals surface area contributed by atoms with E-state index < -0.39 is 29.0 Å². The third-order valence-corrected chi connectivity index (χ3v) is 4.80. The lowest BCUT2D eigenvalue weighted by molar-refractivity contribution is -0.146. The number of halogens is 4. The molecule has 0 aliphatic rings. The fourth-order valence-corrected chi connectivity index (χ4v) is 3.26. The number of anilines is 1. The first-order valence-electron chi connectivity index (χ1n) is 7.81. The molecular formula is C17H13F4N5OS. The Morgan fingerprint density at radius 3 is 2.29 bits per heavy atom. The molecule has 0 saturated heterocycles. The van der Waals surface area contributed by atoms with Crippen LogP contribution in [0.4, 0.5) is 23.2 Å². The van der Waals surface area contributed by atoms with Gasteiger partial charge in [0.15, 0.2) is 0 Å². The Kier molecular flexibility index (Phi) is 5.54. The summed E-state index contributed by atoms with van der Waals surface area (Å²) in [4.78, 5) is 12.8. The highest BCUT2D eigenvalue weighted by Gasteiger charge is 2.39. The fourth-order valence-electron chi connectivity index (χ4n) is 2.30. The molecule has 1 amide bonds. The molecule has 0 unspecified atom stereocenters. The van der Waals surface area contributed by atoms with Crippen LogP contribution >= 0.6 is 11.8 Å². The Hall–Kier alpha value is -3.08. The molecule has 146 valence electrons. The maximum absolute atomic E-state index is 13.0. The lowest BCUT2D eigenvalue weighted by Gasteiger charge is -2.16. The smallest absolute Gasteiger partial charge is 0.335 e. The molecule has 1 heterocycles. The number of aromatic nitrogens is 3. The Labute approximate surface area is 160 Å². The highest BCUT2D eigenvalue weighted by molar-refractivity contribution is 8.00. The highest BCUT2D eigenvalue weighted by atomic mass is 32.2. The summed E-state index contributed by atoms with van der Waals surface area (Å²) < 4.78 is 52.0. The van der Waals surface area contributed by atoms with Gasteiger partial charge < -0.3 is 11.2 Å². The molecule has 3 N–H and O–H groups in total. The van der Waals surface area contributed by atoms with Gasteiger partial charge in [0.25, 0.3) is 5.82 Å². The van der Waals surface area contributed by atoms with Crippen LogP contribution in [-0.2, 0) is 11.0 Å². The molecule has 1 atom stereocenters. The van der Waals surface area contributed by atoms with Crippen LogP contribution in [-0.4, -0.2) is 20.8 Å². The number of nitrogens with two attached hydrogens (primary N) is 1. The van der Waals surface area contributed by atoms with Crippen molar-refractivity contribution in [2.24, 2.45) is 0 Å². The number of rotatable bonds is 5. The minimum Gasteiger partial charge on any atom is -0.335 e. The maximum atomic E-state index is 13.0. The number of hydrogen-bond acceptors (Lipinski definition) is 5. The molecule has 28 heavy (non-hydrogen) atoms. The molecular weight excluding hydrogens is 398 g/mol. The predicted octanol–water partition coefficient (Wildman–Crippen LogP) is 3.62. The van der Waals surface area contributed by atoms with Crippen molar-refractivity contribution in [1.82, 2.24) is 14.9 Å². The first-order valence-corrected chi connectivity index (χ1v) is 8.69. The largest absolute Gasteiger partial charge is 0.453 e. The van der Waals surface area contributed by atoms with Gasteiger partial charge in [-0.2, -0.15) is 13.2 Å². The number of carbonyl (C=O) groups is 1. The highest BCUT2D eigenvalue weighted by Crippen LogP contribution is 2.37. The van der Waals surface area contributed by atoms with E-state index in [4.69, 9.17) is 5.84 Å². The summed E-state index contributed by atoms with van der Waals surface area (Å²) in [6, 6.07) is 13.5. The summed E-state index contributed by atoms with van der Waals surface area (Å²) in [5.74, 6) is 3.08. The van der Waals surface area contributed by atoms with E-state index in [2.05, 4.69) is 15.5 Å². The lowest BCUT2D eigenvalue weighted by Crippen LogP contribution is -2.23. The summed E-state index contributed by atoms with van der Waals surface area (Å²) in [5.41, 5.74) is 0.849. The van der Waals surface area contributed by atoms with Crippen LogP contribution in [0.3, 0.4) is 0 Å². The molecule has 0 fully saturated rings. The number of benzene rings is 2. The number of nitrogen functional groups attached to an aromatic ring is 1. The predicted molar refractivity (Wildman–Crippen MR) is 95.2 cm³/mol. The van der Waals surface area contributed by atoms with Crippen molar-refractivity contribution in [2.45, 2.75) is 16.6 Å². The van der Waals surface area contributed by atoms with Crippen LogP contribution in [0.15, 0.2) is 59.8 Å². The Morgan fingerprint density at radius 2 is 1.71 bits per heavy atom. The second kappa shape index (κ2) is 7.89. The van der Waals surface area contributed by atoms with Gasteiger partial charge in [-0.25, -0.2) is 9.07 Å².